The molecule has 2 aliphatic rings. The minimum Gasteiger partial charge on any atom is -0.493 e. The second kappa shape index (κ2) is 11.6. The quantitative estimate of drug-likeness (QED) is 0.444. The van der Waals surface area contributed by atoms with E-state index >= 15 is 0 Å². The lowest BCUT2D eigenvalue weighted by Gasteiger charge is -2.43. The second-order valence-electron chi connectivity index (χ2n) is 9.55. The van der Waals surface area contributed by atoms with Gasteiger partial charge in [-0.25, -0.2) is 0 Å². The summed E-state index contributed by atoms with van der Waals surface area (Å²) in [6.07, 6.45) is 5.78. The van der Waals surface area contributed by atoms with Gasteiger partial charge in [0.15, 0.2) is 0 Å². The predicted octanol–water partition coefficient (Wildman–Crippen LogP) is 5.74. The summed E-state index contributed by atoms with van der Waals surface area (Å²) < 4.78 is 7.13. The molecule has 0 saturated carbocycles. The Hall–Kier alpha value is -2.05. The van der Waals surface area contributed by atoms with Crippen molar-refractivity contribution < 1.29 is 14.3 Å². The minimum atomic E-state index is -0.407. The van der Waals surface area contributed by atoms with Crippen molar-refractivity contribution >= 4 is 39.3 Å². The molecule has 0 aromatic heterocycles. The van der Waals surface area contributed by atoms with E-state index in [0.29, 0.717) is 37.6 Å². The molecule has 0 spiro atoms. The molecule has 1 atom stereocenters. The molecule has 0 unspecified atom stereocenters. The van der Waals surface area contributed by atoms with Crippen LogP contribution in [0.15, 0.2) is 53.0 Å². The maximum absolute atomic E-state index is 13.3. The lowest BCUT2D eigenvalue weighted by molar-refractivity contribution is -0.141. The van der Waals surface area contributed by atoms with Crippen molar-refractivity contribution in [1.29, 1.82) is 0 Å². The topological polar surface area (TPSA) is 49.9 Å². The van der Waals surface area contributed by atoms with E-state index in [-0.39, 0.29) is 11.8 Å². The molecular weight excluding hydrogens is 516 g/mol. The molecule has 2 saturated heterocycles. The SMILES string of the molecule is O=C(C[C@@]1(COc2ccc(Cl)cc2)CCCN(C(=O)Cc2ccccc2Br)C1)N1CCCCC1. The van der Waals surface area contributed by atoms with Gasteiger partial charge in [0, 0.05) is 47.5 Å². The fraction of sp³-hybridized carbons (Fsp3) is 0.481. The first-order valence-electron chi connectivity index (χ1n) is 12.1. The summed E-state index contributed by atoms with van der Waals surface area (Å²) in [6.45, 7) is 3.30. The van der Waals surface area contributed by atoms with Crippen LogP contribution in [0.25, 0.3) is 0 Å². The number of rotatable bonds is 7. The average molecular weight is 548 g/mol. The third kappa shape index (κ3) is 6.54. The Kier molecular flexibility index (Phi) is 8.54. The van der Waals surface area contributed by atoms with Crippen LogP contribution in [0, 0.1) is 5.41 Å². The summed E-state index contributed by atoms with van der Waals surface area (Å²) in [5, 5.41) is 0.656. The Labute approximate surface area is 215 Å². The van der Waals surface area contributed by atoms with Gasteiger partial charge in [-0.05, 0) is 68.0 Å². The van der Waals surface area contributed by atoms with Crippen molar-refractivity contribution in [3.63, 3.8) is 0 Å². The van der Waals surface area contributed by atoms with Crippen molar-refractivity contribution in [1.82, 2.24) is 9.80 Å². The Morgan fingerprint density at radius 1 is 0.912 bits per heavy atom. The van der Waals surface area contributed by atoms with Gasteiger partial charge in [0.05, 0.1) is 13.0 Å². The van der Waals surface area contributed by atoms with Crippen molar-refractivity contribution in [2.45, 2.75) is 44.9 Å². The molecule has 34 heavy (non-hydrogen) atoms. The number of likely N-dealkylation sites (tertiary alicyclic amines) is 2. The number of piperidine rings is 2. The largest absolute Gasteiger partial charge is 0.493 e. The van der Waals surface area contributed by atoms with Crippen LogP contribution in [0.2, 0.25) is 5.02 Å². The lowest BCUT2D eigenvalue weighted by Crippen LogP contribution is -2.51. The Balaban J connectivity index is 1.49. The van der Waals surface area contributed by atoms with E-state index in [1.807, 2.05) is 46.2 Å². The Bertz CT molecular complexity index is 994. The van der Waals surface area contributed by atoms with Crippen LogP contribution >= 0.6 is 27.5 Å². The van der Waals surface area contributed by atoms with E-state index in [1.54, 1.807) is 12.1 Å². The van der Waals surface area contributed by atoms with Gasteiger partial charge in [0.25, 0.3) is 0 Å². The van der Waals surface area contributed by atoms with Gasteiger partial charge in [0.1, 0.15) is 5.75 Å². The normalized spacial score (nSPS) is 20.8. The van der Waals surface area contributed by atoms with Crippen LogP contribution in [-0.2, 0) is 16.0 Å². The van der Waals surface area contributed by atoms with Gasteiger partial charge in [-0.3, -0.25) is 9.59 Å². The first-order chi connectivity index (χ1) is 16.4. The van der Waals surface area contributed by atoms with E-state index < -0.39 is 5.41 Å². The summed E-state index contributed by atoms with van der Waals surface area (Å²) in [7, 11) is 0. The maximum Gasteiger partial charge on any atom is 0.227 e. The lowest BCUT2D eigenvalue weighted by atomic mass is 9.77. The average Bonchev–Trinajstić information content (AvgIpc) is 2.86. The number of amides is 2. The summed E-state index contributed by atoms with van der Waals surface area (Å²) in [5.74, 6) is 0.998. The Morgan fingerprint density at radius 3 is 2.35 bits per heavy atom. The van der Waals surface area contributed by atoms with Crippen LogP contribution in [0.4, 0.5) is 0 Å². The van der Waals surface area contributed by atoms with E-state index in [1.165, 1.54) is 6.42 Å². The van der Waals surface area contributed by atoms with Gasteiger partial charge in [0.2, 0.25) is 11.8 Å². The summed E-state index contributed by atoms with van der Waals surface area (Å²) in [5.41, 5.74) is 0.571. The van der Waals surface area contributed by atoms with E-state index in [0.717, 1.165) is 54.6 Å². The number of halogens is 2. The molecule has 7 heteroatoms. The Morgan fingerprint density at radius 2 is 1.62 bits per heavy atom. The molecule has 2 aliphatic heterocycles. The number of hydrogen-bond donors (Lipinski definition) is 0. The fourth-order valence-electron chi connectivity index (χ4n) is 4.99. The number of nitrogens with zero attached hydrogens (tertiary/aromatic N) is 2. The number of hydrogen-bond acceptors (Lipinski definition) is 3. The van der Waals surface area contributed by atoms with E-state index in [2.05, 4.69) is 15.9 Å². The highest BCUT2D eigenvalue weighted by atomic mass is 79.9. The molecule has 0 bridgehead atoms. The summed E-state index contributed by atoms with van der Waals surface area (Å²) in [4.78, 5) is 30.5. The maximum atomic E-state index is 13.3. The molecule has 2 amide bonds. The van der Waals surface area contributed by atoms with Crippen LogP contribution in [-0.4, -0.2) is 54.4 Å². The molecule has 5 nitrogen and oxygen atoms in total. The zero-order chi connectivity index (χ0) is 24.0. The van der Waals surface area contributed by atoms with Crippen LogP contribution in [0.3, 0.4) is 0 Å². The zero-order valence-corrected chi connectivity index (χ0v) is 21.8. The third-order valence-corrected chi connectivity index (χ3v) is 7.93. The second-order valence-corrected chi connectivity index (χ2v) is 10.8. The zero-order valence-electron chi connectivity index (χ0n) is 19.5. The molecule has 4 rings (SSSR count). The third-order valence-electron chi connectivity index (χ3n) is 6.91. The molecule has 0 aliphatic carbocycles. The molecule has 2 aromatic carbocycles. The highest BCUT2D eigenvalue weighted by molar-refractivity contribution is 9.10. The molecule has 2 heterocycles. The van der Waals surface area contributed by atoms with E-state index in [4.69, 9.17) is 16.3 Å². The van der Waals surface area contributed by atoms with Crippen molar-refractivity contribution in [2.75, 3.05) is 32.8 Å². The fourth-order valence-corrected chi connectivity index (χ4v) is 5.54. The molecule has 182 valence electrons. The molecule has 0 N–H and O–H groups in total. The van der Waals surface area contributed by atoms with Crippen molar-refractivity contribution in [3.05, 3.63) is 63.6 Å². The predicted molar refractivity (Wildman–Crippen MR) is 138 cm³/mol. The number of carbonyl (C=O) groups is 2. The first-order valence-corrected chi connectivity index (χ1v) is 13.3. The molecule has 0 radical (unpaired) electrons. The van der Waals surface area contributed by atoms with Gasteiger partial charge in [-0.15, -0.1) is 0 Å². The van der Waals surface area contributed by atoms with Gasteiger partial charge in [-0.1, -0.05) is 45.7 Å². The summed E-state index contributed by atoms with van der Waals surface area (Å²) >= 11 is 9.57. The molecule has 2 fully saturated rings. The van der Waals surface area contributed by atoms with Crippen LogP contribution in [0.5, 0.6) is 5.75 Å². The number of benzene rings is 2. The van der Waals surface area contributed by atoms with Crippen LogP contribution < -0.4 is 4.74 Å². The minimum absolute atomic E-state index is 0.0906. The summed E-state index contributed by atoms with van der Waals surface area (Å²) in [6, 6.07) is 15.1. The van der Waals surface area contributed by atoms with Crippen molar-refractivity contribution in [3.8, 4) is 5.75 Å². The standard InChI is InChI=1S/C27H32BrClN2O3/c28-24-8-3-2-7-21(24)17-25(32)31-16-6-13-27(19-31,18-26(33)30-14-4-1-5-15-30)20-34-23-11-9-22(29)10-12-23/h2-3,7-12H,1,4-6,13-20H2/t27-/m0/s1. The van der Waals surface area contributed by atoms with Gasteiger partial charge >= 0.3 is 0 Å². The number of carbonyl (C=O) groups excluding carboxylic acids is 2. The molecular formula is C27H32BrClN2O3. The monoisotopic (exact) mass is 546 g/mol. The van der Waals surface area contributed by atoms with Gasteiger partial charge < -0.3 is 14.5 Å². The van der Waals surface area contributed by atoms with Crippen LogP contribution in [0.1, 0.15) is 44.1 Å². The van der Waals surface area contributed by atoms with E-state index in [9.17, 15) is 9.59 Å². The van der Waals surface area contributed by atoms with Gasteiger partial charge in [-0.2, -0.15) is 0 Å². The smallest absolute Gasteiger partial charge is 0.227 e. The van der Waals surface area contributed by atoms with Crippen molar-refractivity contribution in [2.24, 2.45) is 5.41 Å². The first kappa shape index (κ1) is 25.1. The molecule has 2 aromatic rings. The highest BCUT2D eigenvalue weighted by Crippen LogP contribution is 2.36. The highest BCUT2D eigenvalue weighted by Gasteiger charge is 2.41. The number of ether oxygens (including phenoxy) is 1.